The molecule has 1 amide bonds. The minimum Gasteiger partial charge on any atom is -0.495 e. The average molecular weight is 425 g/mol. The summed E-state index contributed by atoms with van der Waals surface area (Å²) < 4.78 is 19.6. The molecule has 1 aliphatic rings. The SMILES string of the molecule is COc1ccccc1N1CCN(C(=O)c2ccc(OCc3nsnc3C)cc2)CC1. The van der Waals surface area contributed by atoms with E-state index in [2.05, 4.69) is 19.7 Å². The van der Waals surface area contributed by atoms with Gasteiger partial charge >= 0.3 is 0 Å². The zero-order valence-electron chi connectivity index (χ0n) is 17.1. The van der Waals surface area contributed by atoms with Gasteiger partial charge in [-0.1, -0.05) is 12.1 Å². The van der Waals surface area contributed by atoms with Crippen LogP contribution < -0.4 is 14.4 Å². The van der Waals surface area contributed by atoms with Gasteiger partial charge in [0.25, 0.3) is 5.91 Å². The molecule has 0 bridgehead atoms. The molecular weight excluding hydrogens is 400 g/mol. The van der Waals surface area contributed by atoms with Crippen molar-refractivity contribution in [3.63, 3.8) is 0 Å². The van der Waals surface area contributed by atoms with E-state index < -0.39 is 0 Å². The van der Waals surface area contributed by atoms with Gasteiger partial charge in [-0.05, 0) is 43.3 Å². The summed E-state index contributed by atoms with van der Waals surface area (Å²) in [5, 5.41) is 0. The molecule has 1 aliphatic heterocycles. The van der Waals surface area contributed by atoms with Crippen molar-refractivity contribution in [3.8, 4) is 11.5 Å². The van der Waals surface area contributed by atoms with Gasteiger partial charge in [0.1, 0.15) is 23.8 Å². The largest absolute Gasteiger partial charge is 0.495 e. The molecule has 3 aromatic rings. The molecule has 1 fully saturated rings. The van der Waals surface area contributed by atoms with Crippen LogP contribution in [0.25, 0.3) is 0 Å². The van der Waals surface area contributed by atoms with Crippen LogP contribution in [0.4, 0.5) is 5.69 Å². The zero-order chi connectivity index (χ0) is 20.9. The molecule has 156 valence electrons. The van der Waals surface area contributed by atoms with Crippen LogP contribution in [0.3, 0.4) is 0 Å². The predicted octanol–water partition coefficient (Wildman–Crippen LogP) is 3.40. The molecule has 0 N–H and O–H groups in total. The van der Waals surface area contributed by atoms with Crippen molar-refractivity contribution in [1.82, 2.24) is 13.6 Å². The average Bonchev–Trinajstić information content (AvgIpc) is 3.22. The van der Waals surface area contributed by atoms with Crippen molar-refractivity contribution in [3.05, 3.63) is 65.5 Å². The van der Waals surface area contributed by atoms with Gasteiger partial charge in [0.15, 0.2) is 0 Å². The van der Waals surface area contributed by atoms with E-state index in [4.69, 9.17) is 9.47 Å². The molecule has 1 saturated heterocycles. The number of nitrogens with zero attached hydrogens (tertiary/aromatic N) is 4. The van der Waals surface area contributed by atoms with Crippen LogP contribution in [0.15, 0.2) is 48.5 Å². The summed E-state index contributed by atoms with van der Waals surface area (Å²) in [4.78, 5) is 17.0. The first-order valence-electron chi connectivity index (χ1n) is 9.84. The quantitative estimate of drug-likeness (QED) is 0.604. The number of amides is 1. The molecule has 1 aromatic heterocycles. The molecule has 0 unspecified atom stereocenters. The summed E-state index contributed by atoms with van der Waals surface area (Å²) in [6.45, 7) is 5.18. The van der Waals surface area contributed by atoms with Crippen molar-refractivity contribution in [2.45, 2.75) is 13.5 Å². The number of aryl methyl sites for hydroxylation is 1. The highest BCUT2D eigenvalue weighted by atomic mass is 32.1. The molecule has 0 radical (unpaired) electrons. The Bertz CT molecular complexity index is 998. The van der Waals surface area contributed by atoms with Crippen molar-refractivity contribution in [1.29, 1.82) is 0 Å². The van der Waals surface area contributed by atoms with Gasteiger partial charge in [0, 0.05) is 31.7 Å². The molecule has 8 heteroatoms. The fourth-order valence-electron chi connectivity index (χ4n) is 3.45. The summed E-state index contributed by atoms with van der Waals surface area (Å²) in [5.74, 6) is 1.61. The van der Waals surface area contributed by atoms with Crippen LogP contribution in [0.5, 0.6) is 11.5 Å². The van der Waals surface area contributed by atoms with E-state index >= 15 is 0 Å². The minimum absolute atomic E-state index is 0.0424. The Morgan fingerprint density at radius 1 is 1.03 bits per heavy atom. The van der Waals surface area contributed by atoms with Gasteiger partial charge in [0.2, 0.25) is 0 Å². The Balaban J connectivity index is 1.33. The van der Waals surface area contributed by atoms with Gasteiger partial charge in [0.05, 0.1) is 30.2 Å². The van der Waals surface area contributed by atoms with E-state index in [1.54, 1.807) is 7.11 Å². The molecule has 2 heterocycles. The highest BCUT2D eigenvalue weighted by molar-refractivity contribution is 6.99. The third-order valence-electron chi connectivity index (χ3n) is 5.22. The van der Waals surface area contributed by atoms with E-state index in [1.807, 2.05) is 54.3 Å². The number of para-hydroxylation sites is 2. The molecule has 0 aliphatic carbocycles. The highest BCUT2D eigenvalue weighted by Gasteiger charge is 2.23. The normalized spacial score (nSPS) is 13.9. The number of piperazine rings is 1. The molecule has 4 rings (SSSR count). The van der Waals surface area contributed by atoms with E-state index in [0.717, 1.165) is 35.9 Å². The second-order valence-electron chi connectivity index (χ2n) is 7.06. The number of methoxy groups -OCH3 is 1. The molecule has 7 nitrogen and oxygen atoms in total. The fourth-order valence-corrected chi connectivity index (χ4v) is 4.00. The van der Waals surface area contributed by atoms with Crippen molar-refractivity contribution < 1.29 is 14.3 Å². The topological polar surface area (TPSA) is 67.8 Å². The van der Waals surface area contributed by atoms with E-state index in [1.165, 1.54) is 11.7 Å². The summed E-state index contributed by atoms with van der Waals surface area (Å²) >= 11 is 1.18. The lowest BCUT2D eigenvalue weighted by molar-refractivity contribution is 0.0746. The Morgan fingerprint density at radius 2 is 1.77 bits per heavy atom. The second-order valence-corrected chi connectivity index (χ2v) is 7.59. The summed E-state index contributed by atoms with van der Waals surface area (Å²) in [5.41, 5.74) is 3.46. The minimum atomic E-state index is 0.0424. The molecule has 0 atom stereocenters. The van der Waals surface area contributed by atoms with Crippen molar-refractivity contribution in [2.75, 3.05) is 38.2 Å². The number of rotatable bonds is 6. The summed E-state index contributed by atoms with van der Waals surface area (Å²) in [6.07, 6.45) is 0. The number of aromatic nitrogens is 2. The first kappa shape index (κ1) is 20.2. The third kappa shape index (κ3) is 4.38. The van der Waals surface area contributed by atoms with Gasteiger partial charge in [-0.3, -0.25) is 4.79 Å². The van der Waals surface area contributed by atoms with Crippen LogP contribution >= 0.6 is 11.7 Å². The number of hydrogen-bond acceptors (Lipinski definition) is 7. The van der Waals surface area contributed by atoms with Crippen LogP contribution in [0, 0.1) is 6.92 Å². The standard InChI is InChI=1S/C22H24N4O3S/c1-16-19(24-30-23-16)15-29-18-9-7-17(8-10-18)22(27)26-13-11-25(12-14-26)20-5-3-4-6-21(20)28-2/h3-10H,11-15H2,1-2H3. The van der Waals surface area contributed by atoms with Crippen molar-refractivity contribution >= 4 is 23.3 Å². The van der Waals surface area contributed by atoms with Crippen LogP contribution in [0.2, 0.25) is 0 Å². The Hall–Kier alpha value is -3.13. The maximum absolute atomic E-state index is 12.9. The van der Waals surface area contributed by atoms with E-state index in [0.29, 0.717) is 31.0 Å². The summed E-state index contributed by atoms with van der Waals surface area (Å²) in [6, 6.07) is 15.3. The van der Waals surface area contributed by atoms with E-state index in [9.17, 15) is 4.79 Å². The first-order chi connectivity index (χ1) is 14.7. The first-order valence-corrected chi connectivity index (χ1v) is 10.6. The molecular formula is C22H24N4O3S. The number of ether oxygens (including phenoxy) is 2. The smallest absolute Gasteiger partial charge is 0.253 e. The maximum Gasteiger partial charge on any atom is 0.253 e. The zero-order valence-corrected chi connectivity index (χ0v) is 17.9. The Morgan fingerprint density at radius 3 is 2.43 bits per heavy atom. The summed E-state index contributed by atoms with van der Waals surface area (Å²) in [7, 11) is 1.68. The van der Waals surface area contributed by atoms with Gasteiger partial charge in [-0.25, -0.2) is 0 Å². The number of hydrogen-bond donors (Lipinski definition) is 0. The van der Waals surface area contributed by atoms with Crippen LogP contribution in [-0.4, -0.2) is 52.8 Å². The molecule has 0 saturated carbocycles. The number of carbonyl (C=O) groups excluding carboxylic acids is 1. The second kappa shape index (κ2) is 9.13. The molecule has 30 heavy (non-hydrogen) atoms. The lowest BCUT2D eigenvalue weighted by Crippen LogP contribution is -2.48. The monoisotopic (exact) mass is 424 g/mol. The lowest BCUT2D eigenvalue weighted by Gasteiger charge is -2.36. The number of benzene rings is 2. The Labute approximate surface area is 180 Å². The van der Waals surface area contributed by atoms with Gasteiger partial charge < -0.3 is 19.3 Å². The third-order valence-corrected chi connectivity index (χ3v) is 5.87. The Kier molecular flexibility index (Phi) is 6.13. The van der Waals surface area contributed by atoms with Crippen LogP contribution in [-0.2, 0) is 6.61 Å². The fraction of sp³-hybridized carbons (Fsp3) is 0.318. The molecule has 2 aromatic carbocycles. The maximum atomic E-state index is 12.9. The van der Waals surface area contributed by atoms with Gasteiger partial charge in [-0.15, -0.1) is 0 Å². The number of carbonyl (C=O) groups is 1. The van der Waals surface area contributed by atoms with Crippen LogP contribution in [0.1, 0.15) is 21.7 Å². The van der Waals surface area contributed by atoms with E-state index in [-0.39, 0.29) is 5.91 Å². The highest BCUT2D eigenvalue weighted by Crippen LogP contribution is 2.28. The van der Waals surface area contributed by atoms with Crippen molar-refractivity contribution in [2.24, 2.45) is 0 Å². The van der Waals surface area contributed by atoms with Gasteiger partial charge in [-0.2, -0.15) is 8.75 Å². The number of anilines is 1. The lowest BCUT2D eigenvalue weighted by atomic mass is 10.1. The predicted molar refractivity (Wildman–Crippen MR) is 117 cm³/mol. The molecule has 0 spiro atoms.